The van der Waals surface area contributed by atoms with Crippen molar-refractivity contribution in [1.29, 1.82) is 0 Å². The summed E-state index contributed by atoms with van der Waals surface area (Å²) in [5.74, 6) is 0. The van der Waals surface area contributed by atoms with Crippen molar-refractivity contribution in [3.8, 4) is 0 Å². The zero-order valence-electron chi connectivity index (χ0n) is 9.92. The molecule has 0 heterocycles. The molecule has 0 N–H and O–H groups in total. The van der Waals surface area contributed by atoms with Crippen molar-refractivity contribution in [3.63, 3.8) is 0 Å². The molecule has 0 bridgehead atoms. The van der Waals surface area contributed by atoms with Crippen LogP contribution in [0.15, 0.2) is 18.2 Å². The molecule has 82 valence electrons. The van der Waals surface area contributed by atoms with Gasteiger partial charge in [-0.3, -0.25) is 0 Å². The Bertz CT molecular complexity index is 291. The Balaban J connectivity index is 2.77. The summed E-state index contributed by atoms with van der Waals surface area (Å²) in [7, 11) is 0. The SMILES string of the molecule is CCCCc1cccc([As])c1CCCC. The summed E-state index contributed by atoms with van der Waals surface area (Å²) < 4.78 is 1.42. The predicted molar refractivity (Wildman–Crippen MR) is 69.1 cm³/mol. The van der Waals surface area contributed by atoms with E-state index in [1.54, 1.807) is 11.1 Å². The maximum absolute atomic E-state index is 2.72. The summed E-state index contributed by atoms with van der Waals surface area (Å²) in [6.45, 7) is 4.52. The van der Waals surface area contributed by atoms with Crippen LogP contribution in [0.4, 0.5) is 0 Å². The molecule has 0 aliphatic rings. The Kier molecular flexibility index (Phi) is 6.10. The molecule has 1 rings (SSSR count). The molecule has 0 amide bonds. The topological polar surface area (TPSA) is 0 Å². The van der Waals surface area contributed by atoms with Gasteiger partial charge in [-0.25, -0.2) is 0 Å². The van der Waals surface area contributed by atoms with E-state index in [0.717, 1.165) is 0 Å². The minimum atomic E-state index is 1.25. The van der Waals surface area contributed by atoms with Crippen LogP contribution in [0.5, 0.6) is 0 Å². The zero-order chi connectivity index (χ0) is 11.1. The number of unbranched alkanes of at least 4 members (excludes halogenated alkanes) is 2. The van der Waals surface area contributed by atoms with E-state index in [0.29, 0.717) is 0 Å². The number of aryl methyl sites for hydroxylation is 1. The molecular formula is C14H21As. The third-order valence-corrected chi connectivity index (χ3v) is 3.71. The molecule has 1 heteroatoms. The molecule has 0 nitrogen and oxygen atoms in total. The molecule has 1 aromatic rings. The first-order valence-corrected chi connectivity index (χ1v) is 7.03. The minimum absolute atomic E-state index is 1.25. The fourth-order valence-electron chi connectivity index (χ4n) is 1.86. The number of hydrogen-bond acceptors (Lipinski definition) is 0. The van der Waals surface area contributed by atoms with Gasteiger partial charge in [0.05, 0.1) is 0 Å². The van der Waals surface area contributed by atoms with Crippen molar-refractivity contribution in [2.75, 3.05) is 0 Å². The zero-order valence-corrected chi connectivity index (χ0v) is 11.8. The van der Waals surface area contributed by atoms with Gasteiger partial charge < -0.3 is 0 Å². The van der Waals surface area contributed by atoms with E-state index in [1.807, 2.05) is 0 Å². The van der Waals surface area contributed by atoms with Crippen LogP contribution >= 0.6 is 0 Å². The van der Waals surface area contributed by atoms with E-state index in [1.165, 1.54) is 42.9 Å². The van der Waals surface area contributed by atoms with Crippen molar-refractivity contribution in [1.82, 2.24) is 0 Å². The first-order chi connectivity index (χ1) is 7.29. The average molecular weight is 264 g/mol. The van der Waals surface area contributed by atoms with Gasteiger partial charge in [-0.2, -0.15) is 0 Å². The van der Waals surface area contributed by atoms with Crippen LogP contribution in [-0.4, -0.2) is 16.9 Å². The Morgan fingerprint density at radius 2 is 1.67 bits per heavy atom. The quantitative estimate of drug-likeness (QED) is 0.692. The molecule has 0 saturated carbocycles. The fourth-order valence-corrected chi connectivity index (χ4v) is 2.58. The molecule has 0 saturated heterocycles. The van der Waals surface area contributed by atoms with Crippen LogP contribution in [0.1, 0.15) is 50.7 Å². The Labute approximate surface area is 103 Å². The third-order valence-electron chi connectivity index (χ3n) is 2.83. The van der Waals surface area contributed by atoms with Gasteiger partial charge in [0.2, 0.25) is 0 Å². The second-order valence-corrected chi connectivity index (χ2v) is 5.13. The number of rotatable bonds is 6. The predicted octanol–water partition coefficient (Wildman–Crippen LogP) is 3.17. The second kappa shape index (κ2) is 7.12. The maximum atomic E-state index is 2.72. The molecule has 0 aromatic heterocycles. The third kappa shape index (κ3) is 4.03. The molecule has 15 heavy (non-hydrogen) atoms. The van der Waals surface area contributed by atoms with Crippen LogP contribution in [0.2, 0.25) is 0 Å². The molecule has 0 spiro atoms. The summed E-state index contributed by atoms with van der Waals surface area (Å²) >= 11 is 2.72. The van der Waals surface area contributed by atoms with Gasteiger partial charge in [-0.05, 0) is 0 Å². The van der Waals surface area contributed by atoms with Crippen molar-refractivity contribution in [2.24, 2.45) is 0 Å². The van der Waals surface area contributed by atoms with E-state index in [-0.39, 0.29) is 0 Å². The van der Waals surface area contributed by atoms with Gasteiger partial charge in [0.15, 0.2) is 0 Å². The van der Waals surface area contributed by atoms with E-state index in [4.69, 9.17) is 0 Å². The number of benzene rings is 1. The van der Waals surface area contributed by atoms with Gasteiger partial charge in [0.1, 0.15) is 0 Å². The van der Waals surface area contributed by atoms with Crippen LogP contribution < -0.4 is 4.35 Å². The number of hydrogen-bond donors (Lipinski definition) is 0. The van der Waals surface area contributed by atoms with Gasteiger partial charge in [-0.1, -0.05) is 0 Å². The van der Waals surface area contributed by atoms with Crippen LogP contribution in [0.25, 0.3) is 0 Å². The Morgan fingerprint density at radius 1 is 1.00 bits per heavy atom. The molecule has 0 unspecified atom stereocenters. The van der Waals surface area contributed by atoms with Gasteiger partial charge in [0.25, 0.3) is 0 Å². The Hall–Kier alpha value is -0.222. The van der Waals surface area contributed by atoms with Crippen LogP contribution in [0.3, 0.4) is 0 Å². The summed E-state index contributed by atoms with van der Waals surface area (Å²) in [5.41, 5.74) is 3.16. The van der Waals surface area contributed by atoms with Crippen molar-refractivity contribution in [3.05, 3.63) is 29.3 Å². The first kappa shape index (κ1) is 12.8. The van der Waals surface area contributed by atoms with Gasteiger partial charge >= 0.3 is 103 Å². The molecule has 0 aliphatic heterocycles. The van der Waals surface area contributed by atoms with Crippen molar-refractivity contribution in [2.45, 2.75) is 52.4 Å². The van der Waals surface area contributed by atoms with E-state index < -0.39 is 0 Å². The van der Waals surface area contributed by atoms with Gasteiger partial charge in [-0.15, -0.1) is 0 Å². The van der Waals surface area contributed by atoms with E-state index in [9.17, 15) is 0 Å². The van der Waals surface area contributed by atoms with Crippen molar-refractivity contribution < 1.29 is 0 Å². The Morgan fingerprint density at radius 3 is 2.33 bits per heavy atom. The van der Waals surface area contributed by atoms with Crippen molar-refractivity contribution >= 4 is 21.2 Å². The molecule has 0 aliphatic carbocycles. The molecule has 2 radical (unpaired) electrons. The van der Waals surface area contributed by atoms with Crippen LogP contribution in [0, 0.1) is 0 Å². The van der Waals surface area contributed by atoms with E-state index >= 15 is 0 Å². The second-order valence-electron chi connectivity index (χ2n) is 4.12. The van der Waals surface area contributed by atoms with Gasteiger partial charge in [0, 0.05) is 0 Å². The monoisotopic (exact) mass is 264 g/mol. The first-order valence-electron chi connectivity index (χ1n) is 6.09. The molecular weight excluding hydrogens is 243 g/mol. The summed E-state index contributed by atoms with van der Waals surface area (Å²) in [4.78, 5) is 0. The summed E-state index contributed by atoms with van der Waals surface area (Å²) in [5, 5.41) is 0. The summed E-state index contributed by atoms with van der Waals surface area (Å²) in [6, 6.07) is 6.71. The summed E-state index contributed by atoms with van der Waals surface area (Å²) in [6.07, 6.45) is 7.70. The van der Waals surface area contributed by atoms with Crippen LogP contribution in [-0.2, 0) is 12.8 Å². The molecule has 0 atom stereocenters. The fraction of sp³-hybridized carbons (Fsp3) is 0.571. The van der Waals surface area contributed by atoms with E-state index in [2.05, 4.69) is 48.9 Å². The average Bonchev–Trinajstić information content (AvgIpc) is 2.25. The molecule has 0 fully saturated rings. The normalized spacial score (nSPS) is 10.6. The standard InChI is InChI=1S/C14H21As/c1-3-5-8-12-9-7-11-14(15)13(12)10-6-4-2/h7,9,11H,3-6,8,10H2,1-2H3. The molecule has 1 aromatic carbocycles.